The molecular weight excluding hydrogens is 340 g/mol. The maximum atomic E-state index is 12.1. The standard InChI is InChI=1S/C17H20N4O3S/c1-3-12(2)15-16(22)18-17(25-15)20-10-8-19(9-11-20)13-6-4-5-7-14(13)21(23)24/h4-7H,3,8-11H2,1-2H3. The summed E-state index contributed by atoms with van der Waals surface area (Å²) >= 11 is 1.44. The summed E-state index contributed by atoms with van der Waals surface area (Å²) in [4.78, 5) is 31.9. The normalized spacial score (nSPS) is 19.9. The van der Waals surface area contributed by atoms with Gasteiger partial charge in [0, 0.05) is 32.2 Å². The van der Waals surface area contributed by atoms with Crippen molar-refractivity contribution in [2.75, 3.05) is 31.1 Å². The lowest BCUT2D eigenvalue weighted by molar-refractivity contribution is -0.384. The maximum absolute atomic E-state index is 12.1. The van der Waals surface area contributed by atoms with Crippen LogP contribution in [0.5, 0.6) is 0 Å². The first kappa shape index (κ1) is 17.5. The number of amides is 1. The number of nitro benzene ring substituents is 1. The number of rotatable bonds is 3. The Balaban J connectivity index is 1.69. The minimum atomic E-state index is -0.345. The molecule has 0 saturated carbocycles. The highest BCUT2D eigenvalue weighted by molar-refractivity contribution is 8.18. The second-order valence-electron chi connectivity index (χ2n) is 5.98. The van der Waals surface area contributed by atoms with Crippen molar-refractivity contribution in [2.45, 2.75) is 20.3 Å². The molecule has 0 N–H and O–H groups in total. The quantitative estimate of drug-likeness (QED) is 0.468. The molecule has 0 aliphatic carbocycles. The van der Waals surface area contributed by atoms with Crippen molar-refractivity contribution in [1.29, 1.82) is 0 Å². The van der Waals surface area contributed by atoms with E-state index >= 15 is 0 Å². The maximum Gasteiger partial charge on any atom is 0.292 e. The number of hydrogen-bond donors (Lipinski definition) is 0. The predicted octanol–water partition coefficient (Wildman–Crippen LogP) is 3.03. The monoisotopic (exact) mass is 360 g/mol. The first-order chi connectivity index (χ1) is 12.0. The Morgan fingerprint density at radius 2 is 1.88 bits per heavy atom. The van der Waals surface area contributed by atoms with Crippen molar-refractivity contribution in [1.82, 2.24) is 4.90 Å². The number of amidine groups is 1. The molecule has 0 spiro atoms. The molecule has 8 heteroatoms. The van der Waals surface area contributed by atoms with Crippen LogP contribution in [0.15, 0.2) is 39.7 Å². The Hall–Kier alpha value is -2.35. The van der Waals surface area contributed by atoms with Crippen LogP contribution < -0.4 is 4.90 Å². The van der Waals surface area contributed by atoms with Crippen molar-refractivity contribution in [2.24, 2.45) is 4.99 Å². The minimum Gasteiger partial charge on any atom is -0.362 e. The van der Waals surface area contributed by atoms with E-state index in [1.165, 1.54) is 17.8 Å². The van der Waals surface area contributed by atoms with E-state index in [1.54, 1.807) is 12.1 Å². The molecule has 2 aliphatic heterocycles. The number of thioether (sulfide) groups is 1. The topological polar surface area (TPSA) is 79.1 Å². The van der Waals surface area contributed by atoms with Gasteiger partial charge in [-0.25, -0.2) is 0 Å². The molecule has 3 rings (SSSR count). The molecule has 0 unspecified atom stereocenters. The van der Waals surface area contributed by atoms with E-state index in [1.807, 2.05) is 24.8 Å². The Morgan fingerprint density at radius 1 is 1.24 bits per heavy atom. The van der Waals surface area contributed by atoms with Gasteiger partial charge < -0.3 is 9.80 Å². The number of carbonyl (C=O) groups excluding carboxylic acids is 1. The van der Waals surface area contributed by atoms with Gasteiger partial charge in [0.1, 0.15) is 5.69 Å². The molecule has 1 amide bonds. The predicted molar refractivity (Wildman–Crippen MR) is 99.9 cm³/mol. The Morgan fingerprint density at radius 3 is 2.52 bits per heavy atom. The molecule has 25 heavy (non-hydrogen) atoms. The summed E-state index contributed by atoms with van der Waals surface area (Å²) in [6, 6.07) is 6.80. The van der Waals surface area contributed by atoms with E-state index in [2.05, 4.69) is 9.89 Å². The molecule has 1 aromatic rings. The van der Waals surface area contributed by atoms with Gasteiger partial charge in [-0.1, -0.05) is 24.6 Å². The van der Waals surface area contributed by atoms with Crippen LogP contribution in [-0.2, 0) is 4.79 Å². The third kappa shape index (κ3) is 3.53. The van der Waals surface area contributed by atoms with Crippen LogP contribution in [0.3, 0.4) is 0 Å². The van der Waals surface area contributed by atoms with E-state index in [0.29, 0.717) is 31.9 Å². The molecule has 1 fully saturated rings. The lowest BCUT2D eigenvalue weighted by atomic mass is 10.2. The van der Waals surface area contributed by atoms with Gasteiger partial charge in [-0.3, -0.25) is 14.9 Å². The highest BCUT2D eigenvalue weighted by Gasteiger charge is 2.30. The smallest absolute Gasteiger partial charge is 0.292 e. The zero-order valence-electron chi connectivity index (χ0n) is 14.3. The second kappa shape index (κ2) is 7.26. The van der Waals surface area contributed by atoms with Gasteiger partial charge >= 0.3 is 0 Å². The number of allylic oxidation sites excluding steroid dienone is 1. The highest BCUT2D eigenvalue weighted by Crippen LogP contribution is 2.33. The van der Waals surface area contributed by atoms with E-state index in [0.717, 1.165) is 22.1 Å². The van der Waals surface area contributed by atoms with Gasteiger partial charge in [0.05, 0.1) is 9.83 Å². The Kier molecular flexibility index (Phi) is 5.08. The van der Waals surface area contributed by atoms with Crippen LogP contribution in [0.1, 0.15) is 20.3 Å². The van der Waals surface area contributed by atoms with Gasteiger partial charge in [0.25, 0.3) is 11.6 Å². The number of aliphatic imine (C=N–C) groups is 1. The first-order valence-electron chi connectivity index (χ1n) is 8.25. The van der Waals surface area contributed by atoms with Crippen molar-refractivity contribution < 1.29 is 9.72 Å². The van der Waals surface area contributed by atoms with Crippen molar-refractivity contribution in [3.8, 4) is 0 Å². The van der Waals surface area contributed by atoms with Crippen LogP contribution in [0, 0.1) is 10.1 Å². The first-order valence-corrected chi connectivity index (χ1v) is 9.06. The fraction of sp³-hybridized carbons (Fsp3) is 0.412. The van der Waals surface area contributed by atoms with Crippen molar-refractivity contribution >= 4 is 34.2 Å². The summed E-state index contributed by atoms with van der Waals surface area (Å²) in [6.07, 6.45) is 0.836. The molecule has 0 atom stereocenters. The average Bonchev–Trinajstić information content (AvgIpc) is 3.03. The third-order valence-electron chi connectivity index (χ3n) is 4.47. The lowest BCUT2D eigenvalue weighted by Crippen LogP contribution is -2.48. The summed E-state index contributed by atoms with van der Waals surface area (Å²) in [5, 5.41) is 12.0. The van der Waals surface area contributed by atoms with Gasteiger partial charge in [-0.2, -0.15) is 4.99 Å². The summed E-state index contributed by atoms with van der Waals surface area (Å²) in [5.41, 5.74) is 1.83. The number of nitro groups is 1. The Bertz CT molecular complexity index is 767. The van der Waals surface area contributed by atoms with Gasteiger partial charge in [0.2, 0.25) is 0 Å². The zero-order chi connectivity index (χ0) is 18.0. The molecule has 132 valence electrons. The fourth-order valence-corrected chi connectivity index (χ4v) is 3.96. The fourth-order valence-electron chi connectivity index (χ4n) is 2.89. The number of benzene rings is 1. The third-order valence-corrected chi connectivity index (χ3v) is 5.73. The van der Waals surface area contributed by atoms with E-state index < -0.39 is 0 Å². The average molecular weight is 360 g/mol. The number of para-hydroxylation sites is 2. The molecule has 0 bridgehead atoms. The van der Waals surface area contributed by atoms with Crippen LogP contribution in [0.2, 0.25) is 0 Å². The van der Waals surface area contributed by atoms with Crippen LogP contribution >= 0.6 is 11.8 Å². The van der Waals surface area contributed by atoms with E-state index in [-0.39, 0.29) is 16.5 Å². The minimum absolute atomic E-state index is 0.127. The number of piperazine rings is 1. The molecular formula is C17H20N4O3S. The van der Waals surface area contributed by atoms with Gasteiger partial charge in [-0.05, 0) is 31.2 Å². The number of anilines is 1. The van der Waals surface area contributed by atoms with Crippen molar-refractivity contribution in [3.05, 3.63) is 44.9 Å². The molecule has 2 aliphatic rings. The number of hydrogen-bond acceptors (Lipinski definition) is 6. The zero-order valence-corrected chi connectivity index (χ0v) is 15.1. The molecule has 0 aromatic heterocycles. The Labute approximate surface area is 150 Å². The number of carbonyl (C=O) groups is 1. The van der Waals surface area contributed by atoms with Crippen LogP contribution in [0.25, 0.3) is 0 Å². The van der Waals surface area contributed by atoms with Gasteiger partial charge in [-0.15, -0.1) is 0 Å². The van der Waals surface area contributed by atoms with Crippen LogP contribution in [0.4, 0.5) is 11.4 Å². The lowest BCUT2D eigenvalue weighted by Gasteiger charge is -2.36. The molecule has 1 aromatic carbocycles. The SMILES string of the molecule is CCC(C)=C1SC(N2CCN(c3ccccc3[N+](=O)[O-])CC2)=NC1=O. The van der Waals surface area contributed by atoms with Crippen LogP contribution in [-0.4, -0.2) is 47.1 Å². The van der Waals surface area contributed by atoms with Crippen molar-refractivity contribution in [3.63, 3.8) is 0 Å². The van der Waals surface area contributed by atoms with E-state index in [4.69, 9.17) is 0 Å². The van der Waals surface area contributed by atoms with Gasteiger partial charge in [0.15, 0.2) is 5.17 Å². The largest absolute Gasteiger partial charge is 0.362 e. The molecule has 0 radical (unpaired) electrons. The molecule has 2 heterocycles. The summed E-state index contributed by atoms with van der Waals surface area (Å²) in [5.74, 6) is -0.152. The summed E-state index contributed by atoms with van der Waals surface area (Å²) in [7, 11) is 0. The number of nitrogens with zero attached hydrogens (tertiary/aromatic N) is 4. The molecule has 1 saturated heterocycles. The second-order valence-corrected chi connectivity index (χ2v) is 6.96. The summed E-state index contributed by atoms with van der Waals surface area (Å²) < 4.78 is 0. The van der Waals surface area contributed by atoms with E-state index in [9.17, 15) is 14.9 Å². The summed E-state index contributed by atoms with van der Waals surface area (Å²) in [6.45, 7) is 6.67. The molecule has 7 nitrogen and oxygen atoms in total. The highest BCUT2D eigenvalue weighted by atomic mass is 32.2.